The monoisotopic (exact) mass is 263 g/mol. The van der Waals surface area contributed by atoms with Crippen molar-refractivity contribution in [2.75, 3.05) is 14.1 Å². The number of hydrogen-bond donors (Lipinski definition) is 5. The summed E-state index contributed by atoms with van der Waals surface area (Å²) in [6, 6.07) is 0. The second-order valence-corrected chi connectivity index (χ2v) is 6.89. The van der Waals surface area contributed by atoms with Gasteiger partial charge in [-0.15, -0.1) is 0 Å². The average Bonchev–Trinajstić information content (AvgIpc) is 1.94. The molecule has 0 bridgehead atoms. The first-order valence-electron chi connectivity index (χ1n) is 3.91. The molecule has 0 fully saturated rings. The maximum atomic E-state index is 10.9. The molecular weight excluding hydrogens is 248 g/mol. The zero-order chi connectivity index (χ0) is 12.4. The summed E-state index contributed by atoms with van der Waals surface area (Å²) < 4.78 is 21.5. The van der Waals surface area contributed by atoms with Gasteiger partial charge in [0.05, 0.1) is 0 Å². The quantitative estimate of drug-likeness (QED) is 0.395. The van der Waals surface area contributed by atoms with Gasteiger partial charge in [-0.2, -0.15) is 0 Å². The fraction of sp³-hybridized carbons (Fsp3) is 1.00. The number of aliphatic hydroxyl groups excluding tert-OH is 1. The smallest absolute Gasteiger partial charge is 0.353 e. The second kappa shape index (κ2) is 5.03. The van der Waals surface area contributed by atoms with Gasteiger partial charge < -0.3 is 24.7 Å². The maximum absolute atomic E-state index is 10.9. The molecule has 0 spiro atoms. The fourth-order valence-electron chi connectivity index (χ4n) is 0.975. The highest BCUT2D eigenvalue weighted by Crippen LogP contribution is 2.49. The molecule has 0 aromatic rings. The Balaban J connectivity index is 4.73. The molecule has 8 nitrogen and oxygen atoms in total. The number of nitrogens with zero attached hydrogens (tertiary/aromatic N) is 1. The van der Waals surface area contributed by atoms with Crippen LogP contribution in [0.25, 0.3) is 0 Å². The molecule has 2 atom stereocenters. The molecule has 0 aliphatic rings. The molecule has 0 saturated heterocycles. The van der Waals surface area contributed by atoms with Gasteiger partial charge in [-0.05, 0) is 14.1 Å². The van der Waals surface area contributed by atoms with Crippen LogP contribution in [0.1, 0.15) is 6.42 Å². The van der Waals surface area contributed by atoms with Crippen LogP contribution in [0, 0.1) is 0 Å². The van der Waals surface area contributed by atoms with Gasteiger partial charge in [0.15, 0.2) is 5.85 Å². The lowest BCUT2D eigenvalue weighted by molar-refractivity contribution is 0.163. The van der Waals surface area contributed by atoms with E-state index in [1.165, 1.54) is 14.1 Å². The molecule has 2 unspecified atom stereocenters. The maximum Gasteiger partial charge on any atom is 0.353 e. The van der Waals surface area contributed by atoms with Gasteiger partial charge in [-0.3, -0.25) is 14.0 Å². The van der Waals surface area contributed by atoms with Gasteiger partial charge in [0.25, 0.3) is 0 Å². The molecule has 92 valence electrons. The Morgan fingerprint density at radius 3 is 1.67 bits per heavy atom. The number of hydrogen-bond acceptors (Lipinski definition) is 4. The molecule has 5 N–H and O–H groups in total. The zero-order valence-corrected chi connectivity index (χ0v) is 10.0. The van der Waals surface area contributed by atoms with Crippen molar-refractivity contribution < 1.29 is 33.8 Å². The molecule has 15 heavy (non-hydrogen) atoms. The first-order chi connectivity index (χ1) is 6.46. The highest BCUT2D eigenvalue weighted by atomic mass is 31.2. The zero-order valence-electron chi connectivity index (χ0n) is 8.26. The van der Waals surface area contributed by atoms with Gasteiger partial charge in [-0.25, -0.2) is 0 Å². The van der Waals surface area contributed by atoms with E-state index in [0.29, 0.717) is 0 Å². The van der Waals surface area contributed by atoms with E-state index in [-0.39, 0.29) is 0 Å². The van der Waals surface area contributed by atoms with Gasteiger partial charge in [0, 0.05) is 6.42 Å². The molecular formula is C5H15NO7P2. The minimum atomic E-state index is -4.73. The summed E-state index contributed by atoms with van der Waals surface area (Å²) in [6.45, 7) is 0. The number of rotatable bonds is 5. The van der Waals surface area contributed by atoms with Crippen molar-refractivity contribution in [1.82, 2.24) is 4.90 Å². The Hall–Kier alpha value is 0.220. The molecule has 0 saturated carbocycles. The third-order valence-corrected chi connectivity index (χ3v) is 4.23. The predicted octanol–water partition coefficient (Wildman–Crippen LogP) is -1.06. The summed E-state index contributed by atoms with van der Waals surface area (Å²) in [4.78, 5) is 36.0. The summed E-state index contributed by atoms with van der Waals surface area (Å²) in [7, 11) is -6.58. The van der Waals surface area contributed by atoms with Crippen LogP contribution < -0.4 is 0 Å². The Morgan fingerprint density at radius 1 is 1.07 bits per heavy atom. The average molecular weight is 263 g/mol. The topological polar surface area (TPSA) is 139 Å². The van der Waals surface area contributed by atoms with E-state index in [2.05, 4.69) is 0 Å². The Kier molecular flexibility index (Phi) is 5.11. The standard InChI is InChI=1S/C5H15NO7P2/c1-6(2)4(14(8,9)10)3-5(7)15(11,12)13/h4-5,7H,3H2,1-2H3,(H2,8,9,10)(H2,11,12,13). The summed E-state index contributed by atoms with van der Waals surface area (Å²) >= 11 is 0. The van der Waals surface area contributed by atoms with Crippen molar-refractivity contribution in [1.29, 1.82) is 0 Å². The van der Waals surface area contributed by atoms with Gasteiger partial charge >= 0.3 is 15.2 Å². The lowest BCUT2D eigenvalue weighted by Gasteiger charge is -2.27. The van der Waals surface area contributed by atoms with Gasteiger partial charge in [-0.1, -0.05) is 0 Å². The van der Waals surface area contributed by atoms with Crippen molar-refractivity contribution in [3.8, 4) is 0 Å². The molecule has 0 radical (unpaired) electrons. The first-order valence-corrected chi connectivity index (χ1v) is 7.27. The van der Waals surface area contributed by atoms with Crippen LogP contribution >= 0.6 is 15.2 Å². The highest BCUT2D eigenvalue weighted by Gasteiger charge is 2.38. The van der Waals surface area contributed by atoms with Crippen molar-refractivity contribution in [3.63, 3.8) is 0 Å². The summed E-state index contributed by atoms with van der Waals surface area (Å²) in [5.41, 5.74) is 0. The van der Waals surface area contributed by atoms with Crippen molar-refractivity contribution in [2.45, 2.75) is 18.0 Å². The van der Waals surface area contributed by atoms with Gasteiger partial charge in [0.2, 0.25) is 0 Å². The molecule has 10 heteroatoms. The Labute approximate surface area is 86.9 Å². The lowest BCUT2D eigenvalue weighted by Crippen LogP contribution is -2.31. The van der Waals surface area contributed by atoms with Crippen LogP contribution in [0.2, 0.25) is 0 Å². The van der Waals surface area contributed by atoms with E-state index < -0.39 is 33.2 Å². The molecule has 0 aromatic heterocycles. The third kappa shape index (κ3) is 5.19. The predicted molar refractivity (Wildman–Crippen MR) is 52.2 cm³/mol. The summed E-state index contributed by atoms with van der Waals surface area (Å²) in [6.07, 6.45) is -0.693. The summed E-state index contributed by atoms with van der Waals surface area (Å²) in [5.74, 6) is -3.49. The molecule has 0 aliphatic carbocycles. The van der Waals surface area contributed by atoms with Gasteiger partial charge in [0.1, 0.15) is 5.78 Å². The molecule has 0 aliphatic heterocycles. The van der Waals surface area contributed by atoms with Crippen LogP contribution in [-0.2, 0) is 9.13 Å². The normalized spacial score (nSPS) is 17.9. The van der Waals surface area contributed by atoms with Crippen LogP contribution in [0.5, 0.6) is 0 Å². The minimum absolute atomic E-state index is 0.693. The van der Waals surface area contributed by atoms with E-state index in [9.17, 15) is 9.13 Å². The van der Waals surface area contributed by atoms with E-state index in [4.69, 9.17) is 24.7 Å². The largest absolute Gasteiger partial charge is 0.380 e. The van der Waals surface area contributed by atoms with Crippen LogP contribution in [-0.4, -0.2) is 55.3 Å². The second-order valence-electron chi connectivity index (χ2n) is 3.34. The van der Waals surface area contributed by atoms with E-state index in [1.54, 1.807) is 0 Å². The SMILES string of the molecule is CN(C)C(CC(O)P(=O)(O)O)P(=O)(O)O. The van der Waals surface area contributed by atoms with Crippen molar-refractivity contribution in [2.24, 2.45) is 0 Å². The summed E-state index contributed by atoms with van der Waals surface area (Å²) in [5, 5.41) is 9.04. The van der Waals surface area contributed by atoms with E-state index in [1.807, 2.05) is 0 Å². The molecule has 0 rings (SSSR count). The first kappa shape index (κ1) is 15.2. The third-order valence-electron chi connectivity index (χ3n) is 1.79. The molecule has 0 amide bonds. The molecule has 0 heterocycles. The highest BCUT2D eigenvalue weighted by molar-refractivity contribution is 7.53. The van der Waals surface area contributed by atoms with Crippen LogP contribution in [0.4, 0.5) is 0 Å². The fourth-order valence-corrected chi connectivity index (χ4v) is 2.69. The van der Waals surface area contributed by atoms with Crippen LogP contribution in [0.15, 0.2) is 0 Å². The number of aliphatic hydroxyl groups is 1. The Bertz CT molecular complexity index is 294. The van der Waals surface area contributed by atoms with Crippen molar-refractivity contribution in [3.05, 3.63) is 0 Å². The van der Waals surface area contributed by atoms with Crippen molar-refractivity contribution >= 4 is 15.2 Å². The molecule has 0 aromatic carbocycles. The van der Waals surface area contributed by atoms with Crippen LogP contribution in [0.3, 0.4) is 0 Å². The van der Waals surface area contributed by atoms with E-state index in [0.717, 1.165) is 4.90 Å². The van der Waals surface area contributed by atoms with E-state index >= 15 is 0 Å². The lowest BCUT2D eigenvalue weighted by atomic mass is 10.4. The Morgan fingerprint density at radius 2 is 1.47 bits per heavy atom. The minimum Gasteiger partial charge on any atom is -0.380 e.